The third-order valence-corrected chi connectivity index (χ3v) is 8.17. The summed E-state index contributed by atoms with van der Waals surface area (Å²) in [5, 5.41) is 11.6. The average molecular weight is 539 g/mol. The number of ether oxygens (including phenoxy) is 2. The largest absolute Gasteiger partial charge is 0.487 e. The molecule has 11 heteroatoms. The standard InChI is InChI=1S/C26H36ClFN4O5/c1-14(28)24(32(30)16-11-36-12-16)21(29)13-37-22-8-7-20(27)19-9-10-31(15(2)23(19)22)25(33)17-5-3-4-6-18(17)26(34)35/h7-8,14-18H,3-6,9-13,29-30H2,1-2H3,(H,34,35)/b24-21-. The van der Waals surface area contributed by atoms with Crippen molar-refractivity contribution in [1.82, 2.24) is 9.91 Å². The fraction of sp³-hybridized carbons (Fsp3) is 0.615. The van der Waals surface area contributed by atoms with Crippen LogP contribution >= 0.6 is 11.6 Å². The van der Waals surface area contributed by atoms with Crippen LogP contribution < -0.4 is 16.3 Å². The number of nitrogens with zero attached hydrogens (tertiary/aromatic N) is 2. The van der Waals surface area contributed by atoms with Gasteiger partial charge in [0.25, 0.3) is 0 Å². The van der Waals surface area contributed by atoms with Gasteiger partial charge < -0.3 is 30.2 Å². The Morgan fingerprint density at radius 2 is 1.97 bits per heavy atom. The first-order valence-corrected chi connectivity index (χ1v) is 13.2. The molecule has 4 atom stereocenters. The van der Waals surface area contributed by atoms with E-state index in [1.165, 1.54) is 11.9 Å². The van der Waals surface area contributed by atoms with Gasteiger partial charge in [-0.15, -0.1) is 0 Å². The minimum absolute atomic E-state index is 0.108. The van der Waals surface area contributed by atoms with Crippen molar-refractivity contribution < 1.29 is 28.6 Å². The van der Waals surface area contributed by atoms with Crippen molar-refractivity contribution in [3.05, 3.63) is 39.7 Å². The Morgan fingerprint density at radius 1 is 1.30 bits per heavy atom. The summed E-state index contributed by atoms with van der Waals surface area (Å²) < 4.78 is 25.7. The van der Waals surface area contributed by atoms with Gasteiger partial charge in [0.05, 0.1) is 48.5 Å². The van der Waals surface area contributed by atoms with Gasteiger partial charge in [-0.2, -0.15) is 0 Å². The van der Waals surface area contributed by atoms with Crippen LogP contribution in [0.15, 0.2) is 23.5 Å². The van der Waals surface area contributed by atoms with Crippen LogP contribution in [0.4, 0.5) is 4.39 Å². The Morgan fingerprint density at radius 3 is 2.57 bits per heavy atom. The number of allylic oxidation sites excluding steroid dienone is 1. The Balaban J connectivity index is 1.57. The fourth-order valence-electron chi connectivity index (χ4n) is 5.71. The number of nitrogens with two attached hydrogens (primary N) is 2. The Labute approximate surface area is 221 Å². The van der Waals surface area contributed by atoms with E-state index in [4.69, 9.17) is 32.7 Å². The summed E-state index contributed by atoms with van der Waals surface area (Å²) in [6.07, 6.45) is 1.84. The predicted molar refractivity (Wildman–Crippen MR) is 136 cm³/mol. The van der Waals surface area contributed by atoms with Gasteiger partial charge in [0.1, 0.15) is 18.5 Å². The van der Waals surface area contributed by atoms with Crippen LogP contribution in [0.1, 0.15) is 56.7 Å². The smallest absolute Gasteiger partial charge is 0.307 e. The number of fused-ring (bicyclic) bond motifs is 1. The SMILES string of the molecule is CC(F)/C(=C(/N)COc1ccc(Cl)c2c1C(C)N(C(=O)C1CCCCC1C(=O)O)CC2)N(N)C1COC1. The Bertz CT molecular complexity index is 1060. The van der Waals surface area contributed by atoms with E-state index in [0.717, 1.165) is 24.0 Å². The summed E-state index contributed by atoms with van der Waals surface area (Å²) >= 11 is 6.52. The molecule has 4 rings (SSSR count). The number of carboxylic acid groups (broad SMARTS) is 1. The highest BCUT2D eigenvalue weighted by molar-refractivity contribution is 6.31. The number of hydrogen-bond donors (Lipinski definition) is 3. The fourth-order valence-corrected chi connectivity index (χ4v) is 5.97. The number of carboxylic acids is 1. The number of carbonyl (C=O) groups is 2. The number of aliphatic carboxylic acids is 1. The summed E-state index contributed by atoms with van der Waals surface area (Å²) in [5.74, 6) is 4.33. The number of benzene rings is 1. The first kappa shape index (κ1) is 27.5. The number of amides is 1. The highest BCUT2D eigenvalue weighted by Crippen LogP contribution is 2.42. The molecular weight excluding hydrogens is 503 g/mol. The quantitative estimate of drug-likeness (QED) is 0.340. The molecule has 4 unspecified atom stereocenters. The summed E-state index contributed by atoms with van der Waals surface area (Å²) in [5.41, 5.74) is 8.20. The summed E-state index contributed by atoms with van der Waals surface area (Å²) in [6, 6.07) is 2.92. The summed E-state index contributed by atoms with van der Waals surface area (Å²) in [4.78, 5) is 27.1. The molecule has 1 aliphatic carbocycles. The summed E-state index contributed by atoms with van der Waals surface area (Å²) in [7, 11) is 0. The maximum atomic E-state index is 14.4. The number of rotatable bonds is 8. The highest BCUT2D eigenvalue weighted by atomic mass is 35.5. The molecule has 5 N–H and O–H groups in total. The van der Waals surface area contributed by atoms with Crippen LogP contribution in [-0.2, 0) is 20.7 Å². The molecule has 3 aliphatic rings. The molecule has 0 spiro atoms. The molecule has 0 bridgehead atoms. The number of carbonyl (C=O) groups excluding carboxylic acids is 1. The van der Waals surface area contributed by atoms with Gasteiger partial charge in [-0.25, -0.2) is 10.2 Å². The Hall–Kier alpha value is -2.56. The van der Waals surface area contributed by atoms with Crippen molar-refractivity contribution in [1.29, 1.82) is 0 Å². The van der Waals surface area contributed by atoms with Gasteiger partial charge in [0.2, 0.25) is 5.91 Å². The van der Waals surface area contributed by atoms with Crippen molar-refractivity contribution in [2.24, 2.45) is 23.4 Å². The molecule has 1 saturated carbocycles. The van der Waals surface area contributed by atoms with E-state index >= 15 is 0 Å². The van der Waals surface area contributed by atoms with E-state index in [0.29, 0.717) is 49.8 Å². The molecule has 1 saturated heterocycles. The average Bonchev–Trinajstić information content (AvgIpc) is 2.82. The van der Waals surface area contributed by atoms with Crippen LogP contribution in [0, 0.1) is 11.8 Å². The van der Waals surface area contributed by atoms with Crippen molar-refractivity contribution in [2.75, 3.05) is 26.4 Å². The molecule has 1 amide bonds. The van der Waals surface area contributed by atoms with Gasteiger partial charge in [0.15, 0.2) is 0 Å². The monoisotopic (exact) mass is 538 g/mol. The van der Waals surface area contributed by atoms with Gasteiger partial charge in [-0.3, -0.25) is 9.59 Å². The van der Waals surface area contributed by atoms with Crippen LogP contribution in [0.5, 0.6) is 5.75 Å². The predicted octanol–water partition coefficient (Wildman–Crippen LogP) is 3.16. The normalized spacial score (nSPS) is 25.4. The first-order chi connectivity index (χ1) is 17.6. The van der Waals surface area contributed by atoms with E-state index in [1.54, 1.807) is 17.0 Å². The molecule has 9 nitrogen and oxygen atoms in total. The third-order valence-electron chi connectivity index (χ3n) is 7.81. The van der Waals surface area contributed by atoms with E-state index in [9.17, 15) is 19.1 Å². The first-order valence-electron chi connectivity index (χ1n) is 12.8. The van der Waals surface area contributed by atoms with Gasteiger partial charge in [-0.1, -0.05) is 24.4 Å². The zero-order valence-electron chi connectivity index (χ0n) is 21.3. The number of hydrogen-bond acceptors (Lipinski definition) is 7. The molecule has 0 radical (unpaired) electrons. The lowest BCUT2D eigenvalue weighted by molar-refractivity contribution is -0.153. The van der Waals surface area contributed by atoms with E-state index in [-0.39, 0.29) is 36.0 Å². The van der Waals surface area contributed by atoms with Crippen LogP contribution in [0.2, 0.25) is 5.02 Å². The highest BCUT2D eigenvalue weighted by Gasteiger charge is 2.41. The second-order valence-corrected chi connectivity index (χ2v) is 10.6. The van der Waals surface area contributed by atoms with Gasteiger partial charge >= 0.3 is 5.97 Å². The number of alkyl halides is 1. The lowest BCUT2D eigenvalue weighted by Gasteiger charge is -2.40. The van der Waals surface area contributed by atoms with Crippen molar-refractivity contribution in [3.8, 4) is 5.75 Å². The van der Waals surface area contributed by atoms with Gasteiger partial charge in [-0.05, 0) is 50.8 Å². The number of halogens is 2. The molecule has 2 fully saturated rings. The number of hydrazine groups is 1. The van der Waals surface area contributed by atoms with Crippen LogP contribution in [0.3, 0.4) is 0 Å². The van der Waals surface area contributed by atoms with Crippen molar-refractivity contribution in [3.63, 3.8) is 0 Å². The van der Waals surface area contributed by atoms with E-state index in [2.05, 4.69) is 0 Å². The zero-order chi connectivity index (χ0) is 26.9. The molecule has 1 aromatic carbocycles. The molecule has 0 aromatic heterocycles. The lowest BCUT2D eigenvalue weighted by Crippen LogP contribution is -2.54. The molecule has 204 valence electrons. The molecule has 2 aliphatic heterocycles. The minimum Gasteiger partial charge on any atom is -0.487 e. The van der Waals surface area contributed by atoms with Crippen LogP contribution in [-0.4, -0.2) is 65.5 Å². The maximum Gasteiger partial charge on any atom is 0.307 e. The molecule has 37 heavy (non-hydrogen) atoms. The lowest BCUT2D eigenvalue weighted by atomic mass is 9.77. The maximum absolute atomic E-state index is 14.4. The second-order valence-electron chi connectivity index (χ2n) is 10.1. The summed E-state index contributed by atoms with van der Waals surface area (Å²) in [6.45, 7) is 4.39. The van der Waals surface area contributed by atoms with Crippen LogP contribution in [0.25, 0.3) is 0 Å². The van der Waals surface area contributed by atoms with E-state index < -0.39 is 24.0 Å². The molecule has 2 heterocycles. The van der Waals surface area contributed by atoms with Crippen molar-refractivity contribution >= 4 is 23.5 Å². The van der Waals surface area contributed by atoms with Gasteiger partial charge in [0, 0.05) is 17.1 Å². The van der Waals surface area contributed by atoms with E-state index in [1.807, 2.05) is 6.92 Å². The third kappa shape index (κ3) is 5.51. The molecule has 1 aromatic rings. The van der Waals surface area contributed by atoms with Crippen molar-refractivity contribution in [2.45, 2.75) is 64.2 Å². The minimum atomic E-state index is -1.40. The molecular formula is C26H36ClFN4O5. The Kier molecular flexibility index (Phi) is 8.50. The topological polar surface area (TPSA) is 131 Å². The second kappa shape index (κ2) is 11.4. The zero-order valence-corrected chi connectivity index (χ0v) is 22.0.